The summed E-state index contributed by atoms with van der Waals surface area (Å²) in [6.45, 7) is 15.6. The summed E-state index contributed by atoms with van der Waals surface area (Å²) in [5.41, 5.74) is 14.3. The van der Waals surface area contributed by atoms with Gasteiger partial charge in [-0.25, -0.2) is 4.39 Å². The van der Waals surface area contributed by atoms with E-state index in [1.807, 2.05) is 56.6 Å². The third kappa shape index (κ3) is 9.29. The van der Waals surface area contributed by atoms with Crippen molar-refractivity contribution in [2.75, 3.05) is 6.54 Å². The molecule has 7 heteroatoms. The summed E-state index contributed by atoms with van der Waals surface area (Å²) in [6.07, 6.45) is 7.48. The van der Waals surface area contributed by atoms with Crippen LogP contribution in [0, 0.1) is 12.7 Å². The molecule has 3 aromatic heterocycles. The quantitative estimate of drug-likeness (QED) is 0.163. The number of fused-ring (bicyclic) bond motifs is 1. The van der Waals surface area contributed by atoms with Crippen molar-refractivity contribution >= 4 is 23.0 Å². The van der Waals surface area contributed by atoms with Gasteiger partial charge in [0, 0.05) is 65.0 Å². The van der Waals surface area contributed by atoms with Gasteiger partial charge >= 0.3 is 0 Å². The maximum absolute atomic E-state index is 13.6. The minimum absolute atomic E-state index is 0. The molecule has 0 saturated heterocycles. The SMILES string of the molecule is C.C=C(NCCc1cc(C(C)CC)c(C)c(-c2ccc(F)cc2)n1)c1cc(-c2cccnc2)c2ncccc2c1.CC.NC=O. The maximum atomic E-state index is 13.6. The molecule has 5 aromatic rings. The van der Waals surface area contributed by atoms with Crippen molar-refractivity contribution < 1.29 is 9.18 Å². The molecule has 0 bridgehead atoms. The Morgan fingerprint density at radius 2 is 1.73 bits per heavy atom. The first kappa shape index (κ1) is 36.3. The van der Waals surface area contributed by atoms with Crippen LogP contribution in [0.4, 0.5) is 4.39 Å². The van der Waals surface area contributed by atoms with E-state index >= 15 is 0 Å². The molecule has 236 valence electrons. The Labute approximate surface area is 267 Å². The third-order valence-electron chi connectivity index (χ3n) is 7.37. The van der Waals surface area contributed by atoms with Crippen LogP contribution in [0.1, 0.15) is 69.8 Å². The Morgan fingerprint density at radius 1 is 1.04 bits per heavy atom. The molecule has 6 nitrogen and oxygen atoms in total. The average molecular weight is 608 g/mol. The van der Waals surface area contributed by atoms with Crippen molar-refractivity contribution in [3.05, 3.63) is 120 Å². The Kier molecular flexibility index (Phi) is 14.5. The summed E-state index contributed by atoms with van der Waals surface area (Å²) in [4.78, 5) is 22.5. The van der Waals surface area contributed by atoms with Crippen molar-refractivity contribution in [3.63, 3.8) is 0 Å². The normalized spacial score (nSPS) is 10.7. The smallest absolute Gasteiger partial charge is 0.204 e. The molecule has 0 aliphatic heterocycles. The third-order valence-corrected chi connectivity index (χ3v) is 7.37. The molecule has 1 atom stereocenters. The van der Waals surface area contributed by atoms with Gasteiger partial charge in [-0.15, -0.1) is 0 Å². The minimum atomic E-state index is -0.242. The number of aromatic nitrogens is 3. The topological polar surface area (TPSA) is 93.8 Å². The van der Waals surface area contributed by atoms with Crippen LogP contribution in [-0.4, -0.2) is 27.9 Å². The first-order valence-electron chi connectivity index (χ1n) is 15.0. The number of carbonyl (C=O) groups excluding carboxylic acids is 1. The van der Waals surface area contributed by atoms with Gasteiger partial charge in [0.1, 0.15) is 5.82 Å². The molecular weight excluding hydrogens is 561 g/mol. The van der Waals surface area contributed by atoms with E-state index in [2.05, 4.69) is 72.6 Å². The molecule has 45 heavy (non-hydrogen) atoms. The standard InChI is InChI=1S/C34H33FN4.C2H6.CH3NO.CH4/c1-5-22(2)31-20-30(39-33(23(31)3)25-10-12-29(35)13-11-25)14-17-37-24(4)28-18-26-8-7-16-38-34(26)32(19-28)27-9-6-15-36-21-27;1-2;2-1-3;/h6-13,15-16,18-22,37H,4-5,14,17H2,1-3H3;1-2H3;1H,(H2,2,3);1H4. The molecule has 0 aliphatic rings. The second-order valence-corrected chi connectivity index (χ2v) is 10.1. The van der Waals surface area contributed by atoms with Gasteiger partial charge in [0.25, 0.3) is 0 Å². The summed E-state index contributed by atoms with van der Waals surface area (Å²) in [6, 6.07) is 21.1. The van der Waals surface area contributed by atoms with Crippen molar-refractivity contribution in [1.29, 1.82) is 0 Å². The lowest BCUT2D eigenvalue weighted by Gasteiger charge is -2.18. The number of nitrogens with one attached hydrogen (secondary N) is 1. The van der Waals surface area contributed by atoms with Gasteiger partial charge < -0.3 is 11.1 Å². The zero-order valence-corrected chi connectivity index (χ0v) is 26.3. The average Bonchev–Trinajstić information content (AvgIpc) is 3.06. The first-order valence-corrected chi connectivity index (χ1v) is 15.0. The number of halogens is 1. The zero-order chi connectivity index (χ0) is 32.1. The van der Waals surface area contributed by atoms with Gasteiger partial charge in [-0.3, -0.25) is 19.7 Å². The molecule has 0 radical (unpaired) electrons. The number of hydrogen-bond acceptors (Lipinski definition) is 5. The summed E-state index contributed by atoms with van der Waals surface area (Å²) < 4.78 is 13.6. The lowest BCUT2D eigenvalue weighted by molar-refractivity contribution is -0.106. The number of carbonyl (C=O) groups is 1. The predicted octanol–water partition coefficient (Wildman–Crippen LogP) is 8.89. The first-order chi connectivity index (χ1) is 21.4. The van der Waals surface area contributed by atoms with Crippen LogP contribution in [0.2, 0.25) is 0 Å². The van der Waals surface area contributed by atoms with E-state index in [-0.39, 0.29) is 19.7 Å². The fraction of sp³-hybridized carbons (Fsp3) is 0.263. The van der Waals surface area contributed by atoms with Crippen molar-refractivity contribution in [2.45, 2.75) is 60.8 Å². The largest absolute Gasteiger partial charge is 0.385 e. The van der Waals surface area contributed by atoms with Crippen LogP contribution >= 0.6 is 0 Å². The van der Waals surface area contributed by atoms with E-state index in [1.54, 1.807) is 6.20 Å². The Bertz CT molecular complexity index is 1670. The van der Waals surface area contributed by atoms with E-state index < -0.39 is 0 Å². The number of nitrogens with two attached hydrogens (primary N) is 1. The molecule has 1 amide bonds. The molecule has 0 spiro atoms. The highest BCUT2D eigenvalue weighted by Gasteiger charge is 2.15. The molecule has 0 fully saturated rings. The second-order valence-electron chi connectivity index (χ2n) is 10.1. The maximum Gasteiger partial charge on any atom is 0.204 e. The van der Waals surface area contributed by atoms with E-state index in [0.717, 1.165) is 68.6 Å². The van der Waals surface area contributed by atoms with Crippen LogP contribution in [0.3, 0.4) is 0 Å². The van der Waals surface area contributed by atoms with Gasteiger partial charge in [-0.2, -0.15) is 0 Å². The number of amides is 1. The molecule has 3 heterocycles. The Morgan fingerprint density at radius 3 is 2.38 bits per heavy atom. The number of hydrogen-bond donors (Lipinski definition) is 2. The van der Waals surface area contributed by atoms with Crippen LogP contribution in [-0.2, 0) is 11.2 Å². The minimum Gasteiger partial charge on any atom is -0.385 e. The zero-order valence-electron chi connectivity index (χ0n) is 26.3. The fourth-order valence-electron chi connectivity index (χ4n) is 4.99. The molecule has 1 unspecified atom stereocenters. The van der Waals surface area contributed by atoms with E-state index in [1.165, 1.54) is 17.7 Å². The van der Waals surface area contributed by atoms with E-state index in [0.29, 0.717) is 12.5 Å². The summed E-state index contributed by atoms with van der Waals surface area (Å²) in [5.74, 6) is 0.166. The van der Waals surface area contributed by atoms with Crippen molar-refractivity contribution in [2.24, 2.45) is 5.73 Å². The highest BCUT2D eigenvalue weighted by Crippen LogP contribution is 2.32. The predicted molar refractivity (Wildman–Crippen MR) is 187 cm³/mol. The number of nitrogens with zero attached hydrogens (tertiary/aromatic N) is 3. The van der Waals surface area contributed by atoms with Gasteiger partial charge in [-0.1, -0.05) is 53.8 Å². The van der Waals surface area contributed by atoms with Gasteiger partial charge in [0.05, 0.1) is 11.2 Å². The van der Waals surface area contributed by atoms with Gasteiger partial charge in [0.2, 0.25) is 6.41 Å². The lowest BCUT2D eigenvalue weighted by atomic mass is 9.91. The number of primary amides is 1. The number of pyridine rings is 3. The van der Waals surface area contributed by atoms with Crippen molar-refractivity contribution in [3.8, 4) is 22.4 Å². The van der Waals surface area contributed by atoms with Gasteiger partial charge in [-0.05, 0) is 90.6 Å². The highest BCUT2D eigenvalue weighted by molar-refractivity contribution is 5.96. The molecule has 3 N–H and O–H groups in total. The summed E-state index contributed by atoms with van der Waals surface area (Å²) in [7, 11) is 0. The number of rotatable bonds is 9. The van der Waals surface area contributed by atoms with Crippen LogP contribution in [0.5, 0.6) is 0 Å². The fourth-order valence-corrected chi connectivity index (χ4v) is 4.99. The lowest BCUT2D eigenvalue weighted by Crippen LogP contribution is -2.16. The molecule has 5 rings (SSSR count). The van der Waals surface area contributed by atoms with Gasteiger partial charge in [0.15, 0.2) is 0 Å². The molecule has 2 aromatic carbocycles. The van der Waals surface area contributed by atoms with Crippen LogP contribution in [0.15, 0.2) is 91.9 Å². The number of benzene rings is 2. The summed E-state index contributed by atoms with van der Waals surface area (Å²) in [5, 5.41) is 4.57. The monoisotopic (exact) mass is 607 g/mol. The Balaban J connectivity index is 0.00000111. The second kappa shape index (κ2) is 18.0. The molecule has 0 saturated carbocycles. The highest BCUT2D eigenvalue weighted by atomic mass is 19.1. The van der Waals surface area contributed by atoms with Crippen molar-refractivity contribution in [1.82, 2.24) is 20.3 Å². The van der Waals surface area contributed by atoms with Crippen LogP contribution in [0.25, 0.3) is 39.0 Å². The van der Waals surface area contributed by atoms with E-state index in [4.69, 9.17) is 9.78 Å². The summed E-state index contributed by atoms with van der Waals surface area (Å²) >= 11 is 0. The molecule has 0 aliphatic carbocycles. The molecular formula is C38H46FN5O. The Hall–Kier alpha value is -4.91. The van der Waals surface area contributed by atoms with E-state index in [9.17, 15) is 4.39 Å². The van der Waals surface area contributed by atoms with Crippen LogP contribution < -0.4 is 11.1 Å².